The number of likely N-dealkylation sites (N-methyl/N-ethyl adjacent to an activating group) is 1. The third-order valence-electron chi connectivity index (χ3n) is 4.91. The lowest BCUT2D eigenvalue weighted by molar-refractivity contribution is -0.122. The second kappa shape index (κ2) is 12.1. The van der Waals surface area contributed by atoms with Crippen LogP contribution in [0.2, 0.25) is 0 Å². The second-order valence-corrected chi connectivity index (χ2v) is 9.19. The maximum absolute atomic E-state index is 12.9. The molecule has 1 saturated heterocycles. The lowest BCUT2D eigenvalue weighted by atomic mass is 10.0. The molecule has 0 unspecified atom stereocenters. The Bertz CT molecular complexity index is 1060. The third kappa shape index (κ3) is 6.30. The summed E-state index contributed by atoms with van der Waals surface area (Å²) in [7, 11) is 0. The van der Waals surface area contributed by atoms with E-state index in [-0.39, 0.29) is 5.91 Å². The molecule has 0 bridgehead atoms. The molecule has 5 nitrogen and oxygen atoms in total. The Morgan fingerprint density at radius 3 is 2.55 bits per heavy atom. The molecule has 0 aromatic heterocycles. The quantitative estimate of drug-likeness (QED) is 0.262. The van der Waals surface area contributed by atoms with E-state index in [0.717, 1.165) is 26.3 Å². The van der Waals surface area contributed by atoms with Crippen molar-refractivity contribution in [2.75, 3.05) is 19.7 Å². The van der Waals surface area contributed by atoms with E-state index in [2.05, 4.69) is 27.5 Å². The van der Waals surface area contributed by atoms with Crippen LogP contribution >= 0.6 is 27.7 Å². The molecule has 0 radical (unpaired) electrons. The standard InChI is InChI=1S/C26H29BrN2O3S/c1-5-9-20-14-19(16-23-25(30)29(7-3)26(33-23)28-6-2)15-22(31-8-4)24(20)32-17-18-10-12-21(27)13-11-18/h5,10-16H,1,6-9,17H2,2-4H3/b23-16+,28-26?. The zero-order valence-electron chi connectivity index (χ0n) is 19.3. The number of allylic oxidation sites excluding steroid dienone is 1. The smallest absolute Gasteiger partial charge is 0.266 e. The van der Waals surface area contributed by atoms with Crippen molar-refractivity contribution in [3.05, 3.63) is 75.1 Å². The number of amides is 1. The average Bonchev–Trinajstić information content (AvgIpc) is 3.09. The van der Waals surface area contributed by atoms with Crippen molar-refractivity contribution < 1.29 is 14.3 Å². The molecule has 1 aliphatic rings. The fourth-order valence-corrected chi connectivity index (χ4v) is 4.80. The van der Waals surface area contributed by atoms with E-state index < -0.39 is 0 Å². The van der Waals surface area contributed by atoms with Gasteiger partial charge in [-0.1, -0.05) is 34.1 Å². The molecule has 1 aliphatic heterocycles. The summed E-state index contributed by atoms with van der Waals surface area (Å²) in [6.07, 6.45) is 4.37. The predicted molar refractivity (Wildman–Crippen MR) is 141 cm³/mol. The topological polar surface area (TPSA) is 51.1 Å². The van der Waals surface area contributed by atoms with Crippen LogP contribution in [0.25, 0.3) is 6.08 Å². The van der Waals surface area contributed by atoms with Crippen molar-refractivity contribution in [3.63, 3.8) is 0 Å². The van der Waals surface area contributed by atoms with Gasteiger partial charge >= 0.3 is 0 Å². The summed E-state index contributed by atoms with van der Waals surface area (Å²) in [4.78, 5) is 19.7. The Morgan fingerprint density at radius 1 is 1.15 bits per heavy atom. The number of ether oxygens (including phenoxy) is 2. The van der Waals surface area contributed by atoms with Crippen LogP contribution in [0.15, 0.2) is 63.4 Å². The molecule has 1 fully saturated rings. The monoisotopic (exact) mass is 528 g/mol. The van der Waals surface area contributed by atoms with Crippen molar-refractivity contribution in [1.82, 2.24) is 4.90 Å². The number of halogens is 1. The lowest BCUT2D eigenvalue weighted by Crippen LogP contribution is -2.28. The molecular formula is C26H29BrN2O3S. The van der Waals surface area contributed by atoms with Gasteiger partial charge in [-0.15, -0.1) is 6.58 Å². The third-order valence-corrected chi connectivity index (χ3v) is 6.48. The van der Waals surface area contributed by atoms with Gasteiger partial charge in [0.25, 0.3) is 5.91 Å². The maximum atomic E-state index is 12.9. The van der Waals surface area contributed by atoms with Crippen LogP contribution in [0.4, 0.5) is 0 Å². The summed E-state index contributed by atoms with van der Waals surface area (Å²) in [5.41, 5.74) is 2.91. The lowest BCUT2D eigenvalue weighted by Gasteiger charge is -2.17. The van der Waals surface area contributed by atoms with Gasteiger partial charge in [0, 0.05) is 23.1 Å². The van der Waals surface area contributed by atoms with Crippen LogP contribution in [0.1, 0.15) is 37.5 Å². The number of benzene rings is 2. The molecule has 2 aromatic rings. The van der Waals surface area contributed by atoms with E-state index in [1.54, 1.807) is 4.90 Å². The summed E-state index contributed by atoms with van der Waals surface area (Å²) in [6.45, 7) is 11.9. The summed E-state index contributed by atoms with van der Waals surface area (Å²) in [6, 6.07) is 12.0. The SMILES string of the molecule is C=CCc1cc(/C=C2/SC(=NCC)N(CC)C2=O)cc(OCC)c1OCc1ccc(Br)cc1. The van der Waals surface area contributed by atoms with Gasteiger partial charge < -0.3 is 9.47 Å². The highest BCUT2D eigenvalue weighted by molar-refractivity contribution is 9.10. The average molecular weight is 530 g/mol. The molecule has 3 rings (SSSR count). The minimum absolute atomic E-state index is 0.0199. The number of thioether (sulfide) groups is 1. The Morgan fingerprint density at radius 2 is 1.91 bits per heavy atom. The zero-order chi connectivity index (χ0) is 23.8. The van der Waals surface area contributed by atoms with E-state index in [9.17, 15) is 4.79 Å². The number of amidine groups is 1. The van der Waals surface area contributed by atoms with Gasteiger partial charge in [-0.2, -0.15) is 0 Å². The highest BCUT2D eigenvalue weighted by atomic mass is 79.9. The van der Waals surface area contributed by atoms with Crippen LogP contribution in [0.5, 0.6) is 11.5 Å². The number of carbonyl (C=O) groups excluding carboxylic acids is 1. The zero-order valence-corrected chi connectivity index (χ0v) is 21.7. The van der Waals surface area contributed by atoms with Gasteiger partial charge in [0.15, 0.2) is 16.7 Å². The van der Waals surface area contributed by atoms with Crippen LogP contribution in [0.3, 0.4) is 0 Å². The Kier molecular flexibility index (Phi) is 9.21. The highest BCUT2D eigenvalue weighted by Crippen LogP contribution is 2.38. The maximum Gasteiger partial charge on any atom is 0.266 e. The van der Waals surface area contributed by atoms with E-state index in [1.807, 2.05) is 69.3 Å². The molecule has 0 aliphatic carbocycles. The number of aliphatic imine (C=N–C) groups is 1. The molecule has 2 aromatic carbocycles. The van der Waals surface area contributed by atoms with Crippen LogP contribution < -0.4 is 9.47 Å². The van der Waals surface area contributed by atoms with E-state index >= 15 is 0 Å². The predicted octanol–water partition coefficient (Wildman–Crippen LogP) is 6.47. The van der Waals surface area contributed by atoms with Crippen molar-refractivity contribution in [1.29, 1.82) is 0 Å². The molecule has 174 valence electrons. The van der Waals surface area contributed by atoms with Crippen molar-refractivity contribution in [2.24, 2.45) is 4.99 Å². The molecule has 0 atom stereocenters. The van der Waals surface area contributed by atoms with Gasteiger partial charge in [0.2, 0.25) is 0 Å². The molecule has 7 heteroatoms. The largest absolute Gasteiger partial charge is 0.490 e. The van der Waals surface area contributed by atoms with Gasteiger partial charge in [0.05, 0.1) is 11.5 Å². The Hall–Kier alpha value is -2.51. The number of carbonyl (C=O) groups is 1. The number of hydrogen-bond donors (Lipinski definition) is 0. The number of rotatable bonds is 10. The molecular weight excluding hydrogens is 500 g/mol. The molecule has 33 heavy (non-hydrogen) atoms. The fourth-order valence-electron chi connectivity index (χ4n) is 3.43. The van der Waals surface area contributed by atoms with Gasteiger partial charge in [-0.3, -0.25) is 14.7 Å². The van der Waals surface area contributed by atoms with E-state index in [0.29, 0.717) is 49.1 Å². The molecule has 1 heterocycles. The van der Waals surface area contributed by atoms with E-state index in [4.69, 9.17) is 9.47 Å². The first-order valence-electron chi connectivity index (χ1n) is 11.0. The summed E-state index contributed by atoms with van der Waals surface area (Å²) in [5.74, 6) is 1.34. The van der Waals surface area contributed by atoms with Gasteiger partial charge in [-0.25, -0.2) is 0 Å². The first kappa shape index (κ1) is 25.1. The van der Waals surface area contributed by atoms with Gasteiger partial charge in [0.1, 0.15) is 6.61 Å². The molecule has 1 amide bonds. The number of hydrogen-bond acceptors (Lipinski definition) is 5. The Labute approximate surface area is 208 Å². The summed E-state index contributed by atoms with van der Waals surface area (Å²) >= 11 is 4.87. The van der Waals surface area contributed by atoms with Crippen molar-refractivity contribution in [2.45, 2.75) is 33.8 Å². The van der Waals surface area contributed by atoms with Gasteiger partial charge in [-0.05, 0) is 80.4 Å². The van der Waals surface area contributed by atoms with Crippen LogP contribution in [0, 0.1) is 0 Å². The molecule has 0 saturated carbocycles. The van der Waals surface area contributed by atoms with Crippen molar-refractivity contribution in [3.8, 4) is 11.5 Å². The second-order valence-electron chi connectivity index (χ2n) is 7.27. The highest BCUT2D eigenvalue weighted by Gasteiger charge is 2.32. The fraction of sp³-hybridized carbons (Fsp3) is 0.308. The summed E-state index contributed by atoms with van der Waals surface area (Å²) in [5, 5.41) is 0.752. The van der Waals surface area contributed by atoms with Crippen molar-refractivity contribution >= 4 is 44.8 Å². The molecule has 0 N–H and O–H groups in total. The minimum Gasteiger partial charge on any atom is -0.490 e. The van der Waals surface area contributed by atoms with Crippen LogP contribution in [-0.4, -0.2) is 35.7 Å². The first-order chi connectivity index (χ1) is 16.0. The Balaban J connectivity index is 1.96. The normalized spacial score (nSPS) is 16.0. The minimum atomic E-state index is -0.0199. The van der Waals surface area contributed by atoms with E-state index in [1.165, 1.54) is 11.8 Å². The molecule has 0 spiro atoms. The van der Waals surface area contributed by atoms with Crippen LogP contribution in [-0.2, 0) is 17.8 Å². The number of nitrogens with zero attached hydrogens (tertiary/aromatic N) is 2. The summed E-state index contributed by atoms with van der Waals surface area (Å²) < 4.78 is 13.2. The first-order valence-corrected chi connectivity index (χ1v) is 12.6.